The number of hydrogen-bond donors (Lipinski definition) is 1. The maximum absolute atomic E-state index is 11.8. The van der Waals surface area contributed by atoms with Gasteiger partial charge in [0.15, 0.2) is 0 Å². The summed E-state index contributed by atoms with van der Waals surface area (Å²) in [5, 5.41) is 9.35. The molecule has 0 saturated carbocycles. The predicted molar refractivity (Wildman–Crippen MR) is 113 cm³/mol. The third-order valence-corrected chi connectivity index (χ3v) is 4.93. The Morgan fingerprint density at radius 1 is 0.741 bits per heavy atom. The lowest BCUT2D eigenvalue weighted by Crippen LogP contribution is -2.27. The summed E-state index contributed by atoms with van der Waals surface area (Å²) in [5.41, 5.74) is 0. The third kappa shape index (κ3) is 19.9. The van der Waals surface area contributed by atoms with E-state index in [0.717, 1.165) is 19.3 Å². The first kappa shape index (κ1) is 26.4. The van der Waals surface area contributed by atoms with E-state index in [1.54, 1.807) is 0 Å². The molecular weight excluding hydrogens is 340 g/mol. The molecule has 0 fully saturated rings. The third-order valence-electron chi connectivity index (χ3n) is 4.93. The molecular formula is C23H46O4. The van der Waals surface area contributed by atoms with Crippen LogP contribution in [0.4, 0.5) is 0 Å². The van der Waals surface area contributed by atoms with Gasteiger partial charge in [0, 0.05) is 13.0 Å². The molecule has 4 heteroatoms. The van der Waals surface area contributed by atoms with Crippen molar-refractivity contribution in [2.75, 3.05) is 19.8 Å². The van der Waals surface area contributed by atoms with Crippen molar-refractivity contribution in [2.45, 2.75) is 123 Å². The van der Waals surface area contributed by atoms with Crippen LogP contribution in [0.1, 0.15) is 117 Å². The van der Waals surface area contributed by atoms with Gasteiger partial charge in [0.25, 0.3) is 0 Å². The fourth-order valence-electron chi connectivity index (χ4n) is 3.15. The number of aliphatic hydroxyl groups excluding tert-OH is 1. The highest BCUT2D eigenvalue weighted by Crippen LogP contribution is 2.10. The van der Waals surface area contributed by atoms with Gasteiger partial charge in [0.2, 0.25) is 0 Å². The summed E-state index contributed by atoms with van der Waals surface area (Å²) in [7, 11) is 0. The minimum atomic E-state index is -0.518. The molecule has 0 aromatic carbocycles. The van der Waals surface area contributed by atoms with E-state index in [9.17, 15) is 9.90 Å². The molecule has 0 aromatic heterocycles. The van der Waals surface area contributed by atoms with Crippen molar-refractivity contribution in [1.29, 1.82) is 0 Å². The summed E-state index contributed by atoms with van der Waals surface area (Å²) >= 11 is 0. The molecule has 0 rings (SSSR count). The molecule has 1 unspecified atom stereocenters. The van der Waals surface area contributed by atoms with Crippen LogP contribution in [0.3, 0.4) is 0 Å². The van der Waals surface area contributed by atoms with E-state index in [0.29, 0.717) is 19.6 Å². The van der Waals surface area contributed by atoms with Crippen LogP contribution in [-0.2, 0) is 14.3 Å². The van der Waals surface area contributed by atoms with Crippen molar-refractivity contribution < 1.29 is 19.4 Å². The average Bonchev–Trinajstić information content (AvgIpc) is 2.67. The molecule has 27 heavy (non-hydrogen) atoms. The van der Waals surface area contributed by atoms with Gasteiger partial charge in [-0.05, 0) is 12.8 Å². The van der Waals surface area contributed by atoms with Gasteiger partial charge in [-0.1, -0.05) is 97.3 Å². The summed E-state index contributed by atoms with van der Waals surface area (Å²) < 4.78 is 10.9. The maximum Gasteiger partial charge on any atom is 0.306 e. The van der Waals surface area contributed by atoms with Gasteiger partial charge >= 0.3 is 5.97 Å². The molecule has 1 N–H and O–H groups in total. The molecule has 162 valence electrons. The molecule has 0 heterocycles. The quantitative estimate of drug-likeness (QED) is 0.189. The van der Waals surface area contributed by atoms with Gasteiger partial charge in [-0.3, -0.25) is 4.79 Å². The van der Waals surface area contributed by atoms with E-state index < -0.39 is 6.10 Å². The minimum absolute atomic E-state index is 0.166. The number of unbranched alkanes of at least 4 members (excludes halogenated alkanes) is 13. The van der Waals surface area contributed by atoms with E-state index in [4.69, 9.17) is 9.47 Å². The van der Waals surface area contributed by atoms with Crippen LogP contribution in [0.2, 0.25) is 0 Å². The Morgan fingerprint density at radius 2 is 1.22 bits per heavy atom. The van der Waals surface area contributed by atoms with Gasteiger partial charge in [-0.2, -0.15) is 0 Å². The highest BCUT2D eigenvalue weighted by atomic mass is 16.6. The Balaban J connectivity index is 3.47. The standard InChI is InChI=1S/C23H46O4/c1-3-5-7-9-11-13-15-17-19-26-21-22(20-24)27-23(25)18-16-14-12-10-8-6-4-2/h22,24H,3-21H2,1-2H3. The van der Waals surface area contributed by atoms with Gasteiger partial charge in [-0.25, -0.2) is 0 Å². The Morgan fingerprint density at radius 3 is 1.74 bits per heavy atom. The number of hydrogen-bond acceptors (Lipinski definition) is 4. The molecule has 0 aliphatic carbocycles. The van der Waals surface area contributed by atoms with E-state index in [2.05, 4.69) is 13.8 Å². The van der Waals surface area contributed by atoms with Gasteiger partial charge in [-0.15, -0.1) is 0 Å². The summed E-state index contributed by atoms with van der Waals surface area (Å²) in [6.07, 6.45) is 18.4. The number of aliphatic hydroxyl groups is 1. The zero-order chi connectivity index (χ0) is 20.0. The summed E-state index contributed by atoms with van der Waals surface area (Å²) in [4.78, 5) is 11.8. The molecule has 0 aliphatic rings. The second-order valence-corrected chi connectivity index (χ2v) is 7.72. The Hall–Kier alpha value is -0.610. The molecule has 0 saturated heterocycles. The maximum atomic E-state index is 11.8. The van der Waals surface area contributed by atoms with Crippen LogP contribution in [0.15, 0.2) is 0 Å². The van der Waals surface area contributed by atoms with Crippen LogP contribution in [0.25, 0.3) is 0 Å². The van der Waals surface area contributed by atoms with Crippen LogP contribution in [0, 0.1) is 0 Å². The van der Waals surface area contributed by atoms with Crippen molar-refractivity contribution in [2.24, 2.45) is 0 Å². The number of ether oxygens (including phenoxy) is 2. The normalized spacial score (nSPS) is 12.3. The van der Waals surface area contributed by atoms with Crippen molar-refractivity contribution in [3.63, 3.8) is 0 Å². The van der Waals surface area contributed by atoms with Gasteiger partial charge in [0.1, 0.15) is 6.10 Å². The first-order valence-electron chi connectivity index (χ1n) is 11.6. The number of rotatable bonds is 21. The number of carbonyl (C=O) groups is 1. The van der Waals surface area contributed by atoms with E-state index in [1.165, 1.54) is 77.0 Å². The predicted octanol–water partition coefficient (Wildman–Crippen LogP) is 6.19. The smallest absolute Gasteiger partial charge is 0.306 e. The van der Waals surface area contributed by atoms with Crippen molar-refractivity contribution in [3.05, 3.63) is 0 Å². The van der Waals surface area contributed by atoms with Crippen LogP contribution < -0.4 is 0 Å². The van der Waals surface area contributed by atoms with E-state index in [1.807, 2.05) is 0 Å². The Kier molecular flexibility index (Phi) is 21.2. The fourth-order valence-corrected chi connectivity index (χ4v) is 3.15. The highest BCUT2D eigenvalue weighted by Gasteiger charge is 2.13. The zero-order valence-electron chi connectivity index (χ0n) is 18.2. The molecule has 4 nitrogen and oxygen atoms in total. The fraction of sp³-hybridized carbons (Fsp3) is 0.957. The first-order valence-corrected chi connectivity index (χ1v) is 11.6. The van der Waals surface area contributed by atoms with Crippen molar-refractivity contribution >= 4 is 5.97 Å². The molecule has 0 spiro atoms. The summed E-state index contributed by atoms with van der Waals surface area (Å²) in [6.45, 7) is 5.27. The number of carbonyl (C=O) groups excluding carboxylic acids is 1. The van der Waals surface area contributed by atoms with Crippen LogP contribution in [-0.4, -0.2) is 37.0 Å². The van der Waals surface area contributed by atoms with E-state index in [-0.39, 0.29) is 12.6 Å². The lowest BCUT2D eigenvalue weighted by molar-refractivity contribution is -0.154. The monoisotopic (exact) mass is 386 g/mol. The highest BCUT2D eigenvalue weighted by molar-refractivity contribution is 5.69. The van der Waals surface area contributed by atoms with Gasteiger partial charge < -0.3 is 14.6 Å². The first-order chi connectivity index (χ1) is 13.2. The van der Waals surface area contributed by atoms with Crippen LogP contribution in [0.5, 0.6) is 0 Å². The molecule has 0 bridgehead atoms. The molecule has 0 aliphatic heterocycles. The molecule has 1 atom stereocenters. The molecule has 0 radical (unpaired) electrons. The van der Waals surface area contributed by atoms with Gasteiger partial charge in [0.05, 0.1) is 13.2 Å². The second kappa shape index (κ2) is 21.7. The largest absolute Gasteiger partial charge is 0.457 e. The zero-order valence-corrected chi connectivity index (χ0v) is 18.2. The average molecular weight is 387 g/mol. The molecule has 0 amide bonds. The van der Waals surface area contributed by atoms with Crippen molar-refractivity contribution in [1.82, 2.24) is 0 Å². The summed E-state index contributed by atoms with van der Waals surface area (Å²) in [6, 6.07) is 0. The SMILES string of the molecule is CCCCCCCCCCOCC(CO)OC(=O)CCCCCCCCC. The lowest BCUT2D eigenvalue weighted by atomic mass is 10.1. The van der Waals surface area contributed by atoms with E-state index >= 15 is 0 Å². The Bertz CT molecular complexity index is 307. The topological polar surface area (TPSA) is 55.8 Å². The lowest BCUT2D eigenvalue weighted by Gasteiger charge is -2.15. The second-order valence-electron chi connectivity index (χ2n) is 7.72. The summed E-state index contributed by atoms with van der Waals surface area (Å²) in [5.74, 6) is -0.210. The van der Waals surface area contributed by atoms with Crippen LogP contribution >= 0.6 is 0 Å². The number of esters is 1. The minimum Gasteiger partial charge on any atom is -0.457 e. The molecule has 0 aromatic rings. The Labute approximate surface area is 168 Å². The van der Waals surface area contributed by atoms with Crippen molar-refractivity contribution in [3.8, 4) is 0 Å².